The van der Waals surface area contributed by atoms with Crippen LogP contribution in [-0.2, 0) is 28.6 Å². The number of anilines is 1. The van der Waals surface area contributed by atoms with Gasteiger partial charge in [0.05, 0.1) is 17.2 Å². The van der Waals surface area contributed by atoms with Crippen LogP contribution in [0.25, 0.3) is 5.57 Å². The standard InChI is InChI=1S/C42H58N2O8/c1-7-13-21-43(22-14-8-2)31-17-19-33(35(29-31)49-25-27-51-37(45)11-5)39-41(47)40(42(39)48)34-20-18-32(44(23-15-9-3)24-16-10-4)30-36(34)50-26-28-52-38(46)12-6/h11-12,17-20,29-31,47H,5-10,13-16,21-28H2,1-4H3. The normalized spacial score (nSPS) is 16.7. The van der Waals surface area contributed by atoms with Gasteiger partial charge in [-0.05, 0) is 57.0 Å². The number of ether oxygens (including phenoxy) is 4. The maximum atomic E-state index is 14.1. The summed E-state index contributed by atoms with van der Waals surface area (Å²) in [6, 6.07) is 5.58. The predicted molar refractivity (Wildman–Crippen MR) is 206 cm³/mol. The number of allylic oxidation sites excluding steroid dienone is 3. The van der Waals surface area contributed by atoms with Crippen molar-refractivity contribution in [3.05, 3.63) is 90.0 Å². The average molecular weight is 719 g/mol. The van der Waals surface area contributed by atoms with Crippen molar-refractivity contribution in [1.82, 2.24) is 4.90 Å². The van der Waals surface area contributed by atoms with Gasteiger partial charge < -0.3 is 29.0 Å². The Bertz CT molecular complexity index is 1510. The van der Waals surface area contributed by atoms with Gasteiger partial charge in [0.2, 0.25) is 5.78 Å². The summed E-state index contributed by atoms with van der Waals surface area (Å²) >= 11 is 0. The van der Waals surface area contributed by atoms with Gasteiger partial charge >= 0.3 is 11.9 Å². The van der Waals surface area contributed by atoms with Gasteiger partial charge in [-0.25, -0.2) is 9.59 Å². The molecule has 1 atom stereocenters. The van der Waals surface area contributed by atoms with E-state index in [9.17, 15) is 19.5 Å². The fraction of sp³-hybridized carbons (Fsp3) is 0.500. The minimum absolute atomic E-state index is 0.00171. The van der Waals surface area contributed by atoms with E-state index in [1.165, 1.54) is 0 Å². The molecule has 10 nitrogen and oxygen atoms in total. The molecular formula is C42H58N2O8. The summed E-state index contributed by atoms with van der Waals surface area (Å²) in [5, 5.41) is 11.6. The lowest BCUT2D eigenvalue weighted by Gasteiger charge is -2.32. The Morgan fingerprint density at radius 2 is 1.35 bits per heavy atom. The second-order valence-electron chi connectivity index (χ2n) is 12.8. The number of benzene rings is 1. The zero-order valence-electron chi connectivity index (χ0n) is 31.6. The average Bonchev–Trinajstić information content (AvgIpc) is 3.16. The van der Waals surface area contributed by atoms with Crippen LogP contribution in [0.3, 0.4) is 0 Å². The van der Waals surface area contributed by atoms with Crippen molar-refractivity contribution in [2.24, 2.45) is 0 Å². The van der Waals surface area contributed by atoms with E-state index in [4.69, 9.17) is 18.9 Å². The van der Waals surface area contributed by atoms with Crippen LogP contribution in [0.4, 0.5) is 5.69 Å². The lowest BCUT2D eigenvalue weighted by atomic mass is 9.79. The molecule has 1 N–H and O–H groups in total. The number of unbranched alkanes of at least 4 members (excludes halogenated alkanes) is 4. The first kappa shape index (κ1) is 41.8. The third kappa shape index (κ3) is 11.7. The molecule has 0 aromatic heterocycles. The molecule has 0 saturated carbocycles. The first-order valence-corrected chi connectivity index (χ1v) is 18.8. The summed E-state index contributed by atoms with van der Waals surface area (Å²) < 4.78 is 22.5. The molecule has 1 aromatic carbocycles. The van der Waals surface area contributed by atoms with Crippen LogP contribution in [-0.4, -0.2) is 86.4 Å². The van der Waals surface area contributed by atoms with Gasteiger partial charge in [0.25, 0.3) is 0 Å². The molecule has 0 bridgehead atoms. The quantitative estimate of drug-likeness (QED) is 0.0610. The molecule has 0 fully saturated rings. The van der Waals surface area contributed by atoms with Gasteiger partial charge in [0.15, 0.2) is 0 Å². The lowest BCUT2D eigenvalue weighted by molar-refractivity contribution is -0.139. The van der Waals surface area contributed by atoms with Gasteiger partial charge in [-0.2, -0.15) is 0 Å². The number of rotatable bonds is 25. The number of aliphatic hydroxyl groups excluding tert-OH is 1. The molecule has 2 aliphatic rings. The molecule has 2 aliphatic carbocycles. The maximum absolute atomic E-state index is 14.1. The molecule has 0 saturated heterocycles. The molecule has 0 heterocycles. The summed E-state index contributed by atoms with van der Waals surface area (Å²) in [7, 11) is 0. The van der Waals surface area contributed by atoms with Crippen LogP contribution in [0.5, 0.6) is 5.75 Å². The lowest BCUT2D eigenvalue weighted by Crippen LogP contribution is -2.36. The van der Waals surface area contributed by atoms with Crippen molar-refractivity contribution >= 4 is 29.0 Å². The third-order valence-corrected chi connectivity index (χ3v) is 8.93. The van der Waals surface area contributed by atoms with Crippen LogP contribution in [0.2, 0.25) is 0 Å². The van der Waals surface area contributed by atoms with E-state index in [1.807, 2.05) is 36.4 Å². The fourth-order valence-corrected chi connectivity index (χ4v) is 5.98. The number of Topliss-reactive ketones (excluding diaryl/α,β-unsaturated/α-hetero) is 1. The summed E-state index contributed by atoms with van der Waals surface area (Å²) in [5.41, 5.74) is 2.15. The van der Waals surface area contributed by atoms with E-state index in [0.29, 0.717) is 22.6 Å². The molecule has 0 spiro atoms. The van der Waals surface area contributed by atoms with E-state index in [2.05, 4.69) is 50.7 Å². The largest absolute Gasteiger partial charge is 0.506 e. The highest BCUT2D eigenvalue weighted by Crippen LogP contribution is 2.44. The number of hydrogen-bond acceptors (Lipinski definition) is 10. The number of esters is 2. The molecule has 0 aliphatic heterocycles. The van der Waals surface area contributed by atoms with Crippen LogP contribution < -0.4 is 9.64 Å². The number of nitrogens with zero attached hydrogens (tertiary/aromatic N) is 2. The van der Waals surface area contributed by atoms with Crippen molar-refractivity contribution in [3.8, 4) is 5.75 Å². The first-order valence-electron chi connectivity index (χ1n) is 18.8. The van der Waals surface area contributed by atoms with Gasteiger partial charge in [0.1, 0.15) is 43.7 Å². The Morgan fingerprint density at radius 1 is 0.788 bits per heavy atom. The van der Waals surface area contributed by atoms with Crippen LogP contribution >= 0.6 is 0 Å². The second kappa shape index (κ2) is 22.4. The number of carbonyl (C=O) groups excluding carboxylic acids is 3. The van der Waals surface area contributed by atoms with Crippen LogP contribution in [0.15, 0.2) is 84.4 Å². The Balaban J connectivity index is 2.04. The highest BCUT2D eigenvalue weighted by atomic mass is 16.6. The Hall–Kier alpha value is -4.57. The SMILES string of the molecule is C=CC(=O)OCCOC1=CC(N(CCCC)CCCC)C=CC1=C1C(=O)C(c2ccc(N(CCCC)CCCC)cc2OCCOC(=O)C=C)=C1O. The van der Waals surface area contributed by atoms with E-state index in [0.717, 1.165) is 95.4 Å². The number of carbonyl (C=O) groups is 3. The van der Waals surface area contributed by atoms with Crippen LogP contribution in [0.1, 0.15) is 84.6 Å². The number of ketones is 1. The first-order chi connectivity index (χ1) is 25.2. The van der Waals surface area contributed by atoms with Crippen molar-refractivity contribution in [3.63, 3.8) is 0 Å². The van der Waals surface area contributed by atoms with Gasteiger partial charge in [-0.3, -0.25) is 9.69 Å². The Morgan fingerprint density at radius 3 is 1.88 bits per heavy atom. The molecule has 1 unspecified atom stereocenters. The molecular weight excluding hydrogens is 660 g/mol. The molecule has 52 heavy (non-hydrogen) atoms. The summed E-state index contributed by atoms with van der Waals surface area (Å²) in [6.45, 7) is 19.2. The fourth-order valence-electron chi connectivity index (χ4n) is 5.98. The molecule has 1 aromatic rings. The minimum Gasteiger partial charge on any atom is -0.506 e. The molecule has 10 heteroatoms. The smallest absolute Gasteiger partial charge is 0.330 e. The summed E-state index contributed by atoms with van der Waals surface area (Å²) in [5.74, 6) is -0.769. The zero-order valence-corrected chi connectivity index (χ0v) is 31.6. The predicted octanol–water partition coefficient (Wildman–Crippen LogP) is 7.82. The van der Waals surface area contributed by atoms with Gasteiger partial charge in [-0.1, -0.05) is 78.7 Å². The highest BCUT2D eigenvalue weighted by Gasteiger charge is 2.40. The van der Waals surface area contributed by atoms with E-state index in [1.54, 1.807) is 0 Å². The van der Waals surface area contributed by atoms with Crippen molar-refractivity contribution < 1.29 is 38.4 Å². The Kier molecular flexibility index (Phi) is 18.0. The molecule has 0 amide bonds. The molecule has 0 radical (unpaired) electrons. The maximum Gasteiger partial charge on any atom is 0.330 e. The summed E-state index contributed by atoms with van der Waals surface area (Å²) in [6.07, 6.45) is 16.4. The van der Waals surface area contributed by atoms with Crippen molar-refractivity contribution in [2.75, 3.05) is 57.5 Å². The molecule has 284 valence electrons. The highest BCUT2D eigenvalue weighted by molar-refractivity contribution is 6.40. The van der Waals surface area contributed by atoms with E-state index in [-0.39, 0.29) is 55.2 Å². The topological polar surface area (TPSA) is 115 Å². The van der Waals surface area contributed by atoms with Crippen molar-refractivity contribution in [1.29, 1.82) is 0 Å². The Labute approximate surface area is 310 Å². The third-order valence-electron chi connectivity index (χ3n) is 8.93. The second-order valence-corrected chi connectivity index (χ2v) is 12.8. The van der Waals surface area contributed by atoms with E-state index < -0.39 is 11.9 Å². The van der Waals surface area contributed by atoms with Crippen molar-refractivity contribution in [2.45, 2.75) is 85.1 Å². The summed E-state index contributed by atoms with van der Waals surface area (Å²) in [4.78, 5) is 42.0. The zero-order chi connectivity index (χ0) is 37.9. The van der Waals surface area contributed by atoms with Gasteiger partial charge in [0, 0.05) is 48.1 Å². The minimum atomic E-state index is -0.555. The number of aliphatic hydroxyl groups is 1. The number of hydrogen-bond donors (Lipinski definition) is 1. The van der Waals surface area contributed by atoms with Gasteiger partial charge in [-0.15, -0.1) is 0 Å². The van der Waals surface area contributed by atoms with Crippen LogP contribution in [0, 0.1) is 0 Å². The monoisotopic (exact) mass is 718 g/mol. The molecule has 3 rings (SSSR count). The van der Waals surface area contributed by atoms with E-state index >= 15 is 0 Å².